The third kappa shape index (κ3) is 3.09. The van der Waals surface area contributed by atoms with E-state index in [-0.39, 0.29) is 17.0 Å². The fourth-order valence-electron chi connectivity index (χ4n) is 1.73. The van der Waals surface area contributed by atoms with Crippen LogP contribution in [0.2, 0.25) is 0 Å². The maximum atomic E-state index is 11.4. The predicted octanol–water partition coefficient (Wildman–Crippen LogP) is 0.215. The van der Waals surface area contributed by atoms with Gasteiger partial charge in [-0.05, 0) is 25.3 Å². The minimum absolute atomic E-state index is 0.0508. The molecular weight excluding hydrogens is 262 g/mol. The first-order valence-corrected chi connectivity index (χ1v) is 6.64. The maximum Gasteiger partial charge on any atom is 0.300 e. The number of methoxy groups -OCH3 is 1. The molecule has 3 N–H and O–H groups in total. The molecule has 1 aromatic rings. The van der Waals surface area contributed by atoms with E-state index in [2.05, 4.69) is 0 Å². The van der Waals surface area contributed by atoms with Gasteiger partial charge < -0.3 is 9.84 Å². The average Bonchev–Trinajstić information content (AvgIpc) is 2.20. The van der Waals surface area contributed by atoms with Gasteiger partial charge in [0.25, 0.3) is 15.7 Å². The molecule has 0 fully saturated rings. The van der Waals surface area contributed by atoms with Gasteiger partial charge in [0.2, 0.25) is 0 Å². The minimum atomic E-state index is -4.62. The quantitative estimate of drug-likeness (QED) is 0.523. The van der Waals surface area contributed by atoms with E-state index in [4.69, 9.17) is 9.29 Å². The SMILES string of the molecule is COCCCc1c(O)[nH]c(=O)c(S(=O)(=O)O)c1C. The molecule has 1 aromatic heterocycles. The Morgan fingerprint density at radius 3 is 2.50 bits per heavy atom. The van der Waals surface area contributed by atoms with E-state index in [0.717, 1.165) is 0 Å². The second-order valence-electron chi connectivity index (χ2n) is 3.81. The highest BCUT2D eigenvalue weighted by Gasteiger charge is 2.22. The molecule has 1 heterocycles. The van der Waals surface area contributed by atoms with Crippen LogP contribution >= 0.6 is 0 Å². The summed E-state index contributed by atoms with van der Waals surface area (Å²) in [7, 11) is -3.10. The lowest BCUT2D eigenvalue weighted by Gasteiger charge is -2.10. The topological polar surface area (TPSA) is 117 Å². The molecule has 1 rings (SSSR count). The smallest absolute Gasteiger partial charge is 0.300 e. The normalized spacial score (nSPS) is 11.7. The van der Waals surface area contributed by atoms with Gasteiger partial charge in [-0.3, -0.25) is 14.3 Å². The molecule has 8 heteroatoms. The number of nitrogens with one attached hydrogen (secondary N) is 1. The van der Waals surface area contributed by atoms with E-state index in [1.54, 1.807) is 0 Å². The summed E-state index contributed by atoms with van der Waals surface area (Å²) in [6.45, 7) is 1.79. The van der Waals surface area contributed by atoms with E-state index in [9.17, 15) is 18.3 Å². The van der Waals surface area contributed by atoms with Crippen LogP contribution in [0.15, 0.2) is 9.69 Å². The Balaban J connectivity index is 3.32. The van der Waals surface area contributed by atoms with Gasteiger partial charge in [-0.2, -0.15) is 8.42 Å². The molecule has 18 heavy (non-hydrogen) atoms. The number of aromatic nitrogens is 1. The van der Waals surface area contributed by atoms with Crippen LogP contribution in [0, 0.1) is 6.92 Å². The number of hydrogen-bond acceptors (Lipinski definition) is 5. The first kappa shape index (κ1) is 14.7. The Labute approximate surface area is 104 Å². The van der Waals surface area contributed by atoms with Crippen LogP contribution < -0.4 is 5.56 Å². The van der Waals surface area contributed by atoms with E-state index >= 15 is 0 Å². The van der Waals surface area contributed by atoms with Crippen LogP contribution in [0.3, 0.4) is 0 Å². The molecule has 0 bridgehead atoms. The van der Waals surface area contributed by atoms with Gasteiger partial charge in [0.15, 0.2) is 10.8 Å². The zero-order chi connectivity index (χ0) is 13.9. The lowest BCUT2D eigenvalue weighted by Crippen LogP contribution is -2.20. The Kier molecular flexibility index (Phi) is 4.49. The van der Waals surface area contributed by atoms with Crippen LogP contribution in [-0.2, 0) is 21.3 Å². The highest BCUT2D eigenvalue weighted by atomic mass is 32.2. The molecule has 0 aliphatic rings. The summed E-state index contributed by atoms with van der Waals surface area (Å²) in [6.07, 6.45) is 0.868. The molecule has 0 spiro atoms. The minimum Gasteiger partial charge on any atom is -0.494 e. The van der Waals surface area contributed by atoms with Crippen LogP contribution in [0.1, 0.15) is 17.5 Å². The van der Waals surface area contributed by atoms with Gasteiger partial charge in [-0.1, -0.05) is 0 Å². The van der Waals surface area contributed by atoms with Crippen molar-refractivity contribution < 1.29 is 22.8 Å². The Hall–Kier alpha value is -1.38. The van der Waals surface area contributed by atoms with Crippen molar-refractivity contribution in [1.29, 1.82) is 0 Å². The molecule has 0 unspecified atom stereocenters. The van der Waals surface area contributed by atoms with Crippen molar-refractivity contribution in [3.63, 3.8) is 0 Å². The summed E-state index contributed by atoms with van der Waals surface area (Å²) in [4.78, 5) is 12.7. The van der Waals surface area contributed by atoms with Gasteiger partial charge in [0.1, 0.15) is 0 Å². The number of rotatable bonds is 5. The molecule has 0 radical (unpaired) electrons. The maximum absolute atomic E-state index is 11.4. The third-order valence-electron chi connectivity index (χ3n) is 2.55. The van der Waals surface area contributed by atoms with Crippen LogP contribution in [0.25, 0.3) is 0 Å². The molecule has 7 nitrogen and oxygen atoms in total. The molecule has 0 saturated heterocycles. The van der Waals surface area contributed by atoms with E-state index in [1.807, 2.05) is 4.98 Å². The lowest BCUT2D eigenvalue weighted by atomic mass is 10.1. The van der Waals surface area contributed by atoms with Crippen molar-refractivity contribution in [3.05, 3.63) is 21.5 Å². The molecule has 0 aliphatic heterocycles. The number of pyridine rings is 1. The van der Waals surface area contributed by atoms with Gasteiger partial charge in [-0.15, -0.1) is 0 Å². The highest BCUT2D eigenvalue weighted by molar-refractivity contribution is 7.85. The summed E-state index contributed by atoms with van der Waals surface area (Å²) >= 11 is 0. The zero-order valence-corrected chi connectivity index (χ0v) is 10.9. The Morgan fingerprint density at radius 2 is 2.00 bits per heavy atom. The number of H-pyrrole nitrogens is 1. The fraction of sp³-hybridized carbons (Fsp3) is 0.500. The first-order valence-electron chi connectivity index (χ1n) is 5.20. The van der Waals surface area contributed by atoms with E-state index in [0.29, 0.717) is 19.4 Å². The van der Waals surface area contributed by atoms with E-state index in [1.165, 1.54) is 14.0 Å². The monoisotopic (exact) mass is 277 g/mol. The number of ether oxygens (including phenoxy) is 1. The zero-order valence-electron chi connectivity index (χ0n) is 10.1. The number of aromatic amines is 1. The molecule has 0 saturated carbocycles. The van der Waals surface area contributed by atoms with Crippen molar-refractivity contribution in [2.75, 3.05) is 13.7 Å². The molecule has 0 amide bonds. The Bertz CT molecular complexity index is 589. The van der Waals surface area contributed by atoms with Crippen molar-refractivity contribution in [1.82, 2.24) is 4.98 Å². The van der Waals surface area contributed by atoms with Crippen molar-refractivity contribution in [2.45, 2.75) is 24.7 Å². The van der Waals surface area contributed by atoms with Gasteiger partial charge in [-0.25, -0.2) is 0 Å². The van der Waals surface area contributed by atoms with Crippen molar-refractivity contribution in [2.24, 2.45) is 0 Å². The second-order valence-corrected chi connectivity index (χ2v) is 5.17. The molecule has 102 valence electrons. The first-order chi connectivity index (χ1) is 8.29. The second kappa shape index (κ2) is 5.51. The van der Waals surface area contributed by atoms with Gasteiger partial charge >= 0.3 is 0 Å². The molecular formula is C10H15NO6S. The van der Waals surface area contributed by atoms with E-state index < -0.39 is 20.6 Å². The van der Waals surface area contributed by atoms with Gasteiger partial charge in [0, 0.05) is 19.3 Å². The lowest BCUT2D eigenvalue weighted by molar-refractivity contribution is 0.195. The van der Waals surface area contributed by atoms with Crippen molar-refractivity contribution >= 4 is 10.1 Å². The summed E-state index contributed by atoms with van der Waals surface area (Å²) in [6, 6.07) is 0. The van der Waals surface area contributed by atoms with Crippen LogP contribution in [0.4, 0.5) is 0 Å². The average molecular weight is 277 g/mol. The molecule has 0 atom stereocenters. The largest absolute Gasteiger partial charge is 0.494 e. The summed E-state index contributed by atoms with van der Waals surface area (Å²) in [5.74, 6) is -0.388. The van der Waals surface area contributed by atoms with Gasteiger partial charge in [0.05, 0.1) is 0 Å². The highest BCUT2D eigenvalue weighted by Crippen LogP contribution is 2.22. The van der Waals surface area contributed by atoms with Crippen LogP contribution in [0.5, 0.6) is 5.88 Å². The molecule has 0 aliphatic carbocycles. The van der Waals surface area contributed by atoms with Crippen molar-refractivity contribution in [3.8, 4) is 5.88 Å². The number of hydrogen-bond donors (Lipinski definition) is 3. The molecule has 0 aromatic carbocycles. The Morgan fingerprint density at radius 1 is 1.39 bits per heavy atom. The predicted molar refractivity (Wildman–Crippen MR) is 63.5 cm³/mol. The summed E-state index contributed by atoms with van der Waals surface area (Å²) in [5.41, 5.74) is -0.711. The number of aromatic hydroxyl groups is 1. The standard InChI is InChI=1S/C10H15NO6S/c1-6-7(4-3-5-17-2)9(12)11-10(13)8(6)18(14,15)16/h3-5H2,1-2H3,(H2,11,12,13)(H,14,15,16). The van der Waals surface area contributed by atoms with Crippen LogP contribution in [-0.4, -0.2) is 36.8 Å². The third-order valence-corrected chi connectivity index (χ3v) is 3.56. The summed E-state index contributed by atoms with van der Waals surface area (Å²) < 4.78 is 36.0. The summed E-state index contributed by atoms with van der Waals surface area (Å²) in [5, 5.41) is 9.59. The fourth-order valence-corrected chi connectivity index (χ4v) is 2.53.